The SMILES string of the molecule is CC(C)(CO)c1cc(CO)ccc1F. The van der Waals surface area contributed by atoms with E-state index in [4.69, 9.17) is 10.2 Å². The van der Waals surface area contributed by atoms with Gasteiger partial charge >= 0.3 is 0 Å². The molecule has 0 unspecified atom stereocenters. The average molecular weight is 198 g/mol. The predicted molar refractivity (Wildman–Crippen MR) is 52.4 cm³/mol. The van der Waals surface area contributed by atoms with Crippen molar-refractivity contribution in [1.82, 2.24) is 0 Å². The predicted octanol–water partition coefficient (Wildman–Crippen LogP) is 1.59. The molecule has 1 aromatic carbocycles. The number of aliphatic hydroxyl groups is 2. The second-order valence-electron chi connectivity index (χ2n) is 4.01. The van der Waals surface area contributed by atoms with Gasteiger partial charge in [0.2, 0.25) is 0 Å². The lowest BCUT2D eigenvalue weighted by molar-refractivity contribution is 0.214. The fourth-order valence-electron chi connectivity index (χ4n) is 1.27. The Morgan fingerprint density at radius 1 is 1.29 bits per heavy atom. The number of hydrogen-bond acceptors (Lipinski definition) is 2. The fraction of sp³-hybridized carbons (Fsp3) is 0.455. The number of halogens is 1. The van der Waals surface area contributed by atoms with Crippen LogP contribution in [0.4, 0.5) is 4.39 Å². The third kappa shape index (κ3) is 2.11. The van der Waals surface area contributed by atoms with Crippen molar-refractivity contribution in [2.45, 2.75) is 25.9 Å². The lowest BCUT2D eigenvalue weighted by Gasteiger charge is -2.23. The minimum atomic E-state index is -0.616. The number of rotatable bonds is 3. The van der Waals surface area contributed by atoms with Crippen LogP contribution >= 0.6 is 0 Å². The first-order valence-corrected chi connectivity index (χ1v) is 4.52. The van der Waals surface area contributed by atoms with E-state index in [1.807, 2.05) is 0 Å². The molecule has 0 spiro atoms. The van der Waals surface area contributed by atoms with Gasteiger partial charge < -0.3 is 10.2 Å². The molecule has 14 heavy (non-hydrogen) atoms. The average Bonchev–Trinajstić information content (AvgIpc) is 2.18. The van der Waals surface area contributed by atoms with Gasteiger partial charge in [-0.15, -0.1) is 0 Å². The molecular weight excluding hydrogens is 183 g/mol. The summed E-state index contributed by atoms with van der Waals surface area (Å²) in [7, 11) is 0. The fourth-order valence-corrected chi connectivity index (χ4v) is 1.27. The Balaban J connectivity index is 3.18. The van der Waals surface area contributed by atoms with Crippen molar-refractivity contribution in [2.75, 3.05) is 6.61 Å². The molecule has 1 aromatic rings. The molecule has 3 heteroatoms. The molecule has 0 saturated carbocycles. The Morgan fingerprint density at radius 2 is 1.93 bits per heavy atom. The van der Waals surface area contributed by atoms with Crippen LogP contribution in [0.2, 0.25) is 0 Å². The maximum absolute atomic E-state index is 13.4. The maximum atomic E-state index is 13.4. The summed E-state index contributed by atoms with van der Waals surface area (Å²) < 4.78 is 13.4. The molecule has 0 amide bonds. The molecular formula is C11H15FO2. The molecule has 0 atom stereocenters. The molecule has 0 aliphatic heterocycles. The Morgan fingerprint density at radius 3 is 2.43 bits per heavy atom. The van der Waals surface area contributed by atoms with Crippen molar-refractivity contribution in [3.8, 4) is 0 Å². The van der Waals surface area contributed by atoms with Gasteiger partial charge in [0.05, 0.1) is 13.2 Å². The van der Waals surface area contributed by atoms with Crippen molar-refractivity contribution < 1.29 is 14.6 Å². The minimum Gasteiger partial charge on any atom is -0.395 e. The molecule has 2 N–H and O–H groups in total. The lowest BCUT2D eigenvalue weighted by Crippen LogP contribution is -2.23. The van der Waals surface area contributed by atoms with Crippen molar-refractivity contribution in [2.24, 2.45) is 0 Å². The molecule has 0 aromatic heterocycles. The highest BCUT2D eigenvalue weighted by Crippen LogP contribution is 2.26. The van der Waals surface area contributed by atoms with E-state index in [2.05, 4.69) is 0 Å². The van der Waals surface area contributed by atoms with Crippen LogP contribution in [-0.4, -0.2) is 16.8 Å². The molecule has 0 aliphatic carbocycles. The van der Waals surface area contributed by atoms with Gasteiger partial charge in [-0.3, -0.25) is 0 Å². The Labute approximate surface area is 83.0 Å². The first-order chi connectivity index (χ1) is 6.51. The zero-order chi connectivity index (χ0) is 10.8. The Hall–Kier alpha value is -0.930. The summed E-state index contributed by atoms with van der Waals surface area (Å²) in [5.41, 5.74) is 0.476. The quantitative estimate of drug-likeness (QED) is 0.774. The summed E-state index contributed by atoms with van der Waals surface area (Å²) in [6.45, 7) is 3.27. The van der Waals surface area contributed by atoms with Crippen LogP contribution in [0, 0.1) is 5.82 Å². The third-order valence-electron chi connectivity index (χ3n) is 2.34. The van der Waals surface area contributed by atoms with Crippen LogP contribution < -0.4 is 0 Å². The summed E-state index contributed by atoms with van der Waals surface area (Å²) in [5, 5.41) is 18.0. The van der Waals surface area contributed by atoms with E-state index in [9.17, 15) is 4.39 Å². The first-order valence-electron chi connectivity index (χ1n) is 4.52. The zero-order valence-corrected chi connectivity index (χ0v) is 8.42. The summed E-state index contributed by atoms with van der Waals surface area (Å²) in [4.78, 5) is 0. The van der Waals surface area contributed by atoms with E-state index in [0.717, 1.165) is 0 Å². The van der Waals surface area contributed by atoms with Crippen LogP contribution in [0.3, 0.4) is 0 Å². The maximum Gasteiger partial charge on any atom is 0.127 e. The van der Waals surface area contributed by atoms with E-state index >= 15 is 0 Å². The molecule has 0 fully saturated rings. The summed E-state index contributed by atoms with van der Waals surface area (Å²) in [5.74, 6) is -0.346. The minimum absolute atomic E-state index is 0.116. The lowest BCUT2D eigenvalue weighted by atomic mass is 9.84. The van der Waals surface area contributed by atoms with Crippen molar-refractivity contribution >= 4 is 0 Å². The highest BCUT2D eigenvalue weighted by molar-refractivity contribution is 5.30. The van der Waals surface area contributed by atoms with E-state index in [1.54, 1.807) is 19.9 Å². The highest BCUT2D eigenvalue weighted by Gasteiger charge is 2.23. The van der Waals surface area contributed by atoms with Gasteiger partial charge in [-0.25, -0.2) is 4.39 Å². The van der Waals surface area contributed by atoms with Gasteiger partial charge in [-0.2, -0.15) is 0 Å². The largest absolute Gasteiger partial charge is 0.395 e. The number of hydrogen-bond donors (Lipinski definition) is 2. The third-order valence-corrected chi connectivity index (χ3v) is 2.34. The molecule has 0 saturated heterocycles. The van der Waals surface area contributed by atoms with E-state index in [0.29, 0.717) is 11.1 Å². The topological polar surface area (TPSA) is 40.5 Å². The summed E-state index contributed by atoms with van der Waals surface area (Å²) in [6, 6.07) is 4.44. The smallest absolute Gasteiger partial charge is 0.127 e. The van der Waals surface area contributed by atoms with Gasteiger partial charge in [0.15, 0.2) is 0 Å². The second kappa shape index (κ2) is 4.07. The normalized spacial score (nSPS) is 11.8. The second-order valence-corrected chi connectivity index (χ2v) is 4.01. The van der Waals surface area contributed by atoms with E-state index in [-0.39, 0.29) is 19.0 Å². The molecule has 1 rings (SSSR count). The Bertz CT molecular complexity index is 321. The van der Waals surface area contributed by atoms with Crippen molar-refractivity contribution in [3.05, 3.63) is 35.1 Å². The van der Waals surface area contributed by atoms with Crippen LogP contribution in [-0.2, 0) is 12.0 Å². The van der Waals surface area contributed by atoms with E-state index in [1.165, 1.54) is 12.1 Å². The van der Waals surface area contributed by atoms with Gasteiger partial charge in [0, 0.05) is 5.41 Å². The van der Waals surface area contributed by atoms with Crippen molar-refractivity contribution in [3.63, 3.8) is 0 Å². The van der Waals surface area contributed by atoms with Gasteiger partial charge in [-0.05, 0) is 23.3 Å². The molecule has 2 nitrogen and oxygen atoms in total. The Kier molecular flexibility index (Phi) is 3.24. The van der Waals surface area contributed by atoms with Gasteiger partial charge in [-0.1, -0.05) is 19.9 Å². The number of aliphatic hydroxyl groups excluding tert-OH is 2. The molecule has 0 aliphatic rings. The van der Waals surface area contributed by atoms with Crippen LogP contribution in [0.5, 0.6) is 0 Å². The van der Waals surface area contributed by atoms with Crippen LogP contribution in [0.1, 0.15) is 25.0 Å². The standard InChI is InChI=1S/C11H15FO2/c1-11(2,7-14)9-5-8(6-13)3-4-10(9)12/h3-5,13-14H,6-7H2,1-2H3. The highest BCUT2D eigenvalue weighted by atomic mass is 19.1. The molecule has 0 heterocycles. The monoisotopic (exact) mass is 198 g/mol. The molecule has 0 bridgehead atoms. The van der Waals surface area contributed by atoms with Gasteiger partial charge in [0.25, 0.3) is 0 Å². The van der Waals surface area contributed by atoms with E-state index < -0.39 is 5.41 Å². The van der Waals surface area contributed by atoms with Gasteiger partial charge in [0.1, 0.15) is 5.82 Å². The molecule has 78 valence electrons. The summed E-state index contributed by atoms with van der Waals surface area (Å²) >= 11 is 0. The van der Waals surface area contributed by atoms with Crippen LogP contribution in [0.25, 0.3) is 0 Å². The number of benzene rings is 1. The van der Waals surface area contributed by atoms with Crippen molar-refractivity contribution in [1.29, 1.82) is 0 Å². The van der Waals surface area contributed by atoms with Crippen LogP contribution in [0.15, 0.2) is 18.2 Å². The zero-order valence-electron chi connectivity index (χ0n) is 8.42. The molecule has 0 radical (unpaired) electrons. The first kappa shape index (κ1) is 11.1. The summed E-state index contributed by atoms with van der Waals surface area (Å²) in [6.07, 6.45) is 0.